The van der Waals surface area contributed by atoms with Gasteiger partial charge in [0.2, 0.25) is 0 Å². The fourth-order valence-electron chi connectivity index (χ4n) is 6.07. The molecule has 0 nitrogen and oxygen atoms in total. The summed E-state index contributed by atoms with van der Waals surface area (Å²) in [5.41, 5.74) is -0.102. The highest BCUT2D eigenvalue weighted by atomic mass is 19.4. The first-order valence-corrected chi connectivity index (χ1v) is 13.0. The van der Waals surface area contributed by atoms with Gasteiger partial charge in [-0.3, -0.25) is 0 Å². The molecule has 1 aromatic rings. The van der Waals surface area contributed by atoms with Gasteiger partial charge in [-0.2, -0.15) is 13.2 Å². The molecule has 0 radical (unpaired) electrons. The van der Waals surface area contributed by atoms with Crippen LogP contribution in [0.2, 0.25) is 0 Å². The topological polar surface area (TPSA) is 0 Å². The van der Waals surface area contributed by atoms with Gasteiger partial charge in [0.1, 0.15) is 11.6 Å². The molecule has 33 heavy (non-hydrogen) atoms. The van der Waals surface area contributed by atoms with Crippen LogP contribution in [-0.4, -0.2) is 6.18 Å². The summed E-state index contributed by atoms with van der Waals surface area (Å²) < 4.78 is 65.2. The van der Waals surface area contributed by atoms with Crippen molar-refractivity contribution in [3.05, 3.63) is 41.0 Å². The Labute approximate surface area is 196 Å². The van der Waals surface area contributed by atoms with E-state index in [0.717, 1.165) is 24.2 Å². The van der Waals surface area contributed by atoms with Crippen molar-refractivity contribution in [3.8, 4) is 0 Å². The fraction of sp³-hybridized carbons (Fsp3) is 0.714. The second kappa shape index (κ2) is 12.4. The number of allylic oxidation sites excluding steroid dienone is 1. The van der Waals surface area contributed by atoms with Gasteiger partial charge < -0.3 is 0 Å². The molecule has 5 heteroatoms. The molecule has 0 amide bonds. The number of rotatable bonds is 9. The summed E-state index contributed by atoms with van der Waals surface area (Å²) in [6.45, 7) is 2.26. The van der Waals surface area contributed by atoms with Crippen LogP contribution < -0.4 is 0 Å². The van der Waals surface area contributed by atoms with Crippen LogP contribution in [0, 0.1) is 35.3 Å². The molecular weight excluding hydrogens is 431 g/mol. The van der Waals surface area contributed by atoms with Crippen molar-refractivity contribution in [2.75, 3.05) is 0 Å². The molecule has 0 N–H and O–H groups in total. The first kappa shape index (κ1) is 26.2. The summed E-state index contributed by atoms with van der Waals surface area (Å²) in [7, 11) is 0. The van der Waals surface area contributed by atoms with Crippen LogP contribution in [0.1, 0.15) is 102 Å². The van der Waals surface area contributed by atoms with Gasteiger partial charge in [-0.1, -0.05) is 58.3 Å². The maximum absolute atomic E-state index is 14.2. The minimum atomic E-state index is -4.59. The zero-order chi connectivity index (χ0) is 23.8. The fourth-order valence-corrected chi connectivity index (χ4v) is 6.07. The largest absolute Gasteiger partial charge is 0.409 e. The van der Waals surface area contributed by atoms with E-state index >= 15 is 0 Å². The molecule has 2 fully saturated rings. The van der Waals surface area contributed by atoms with Gasteiger partial charge in [-0.05, 0) is 86.0 Å². The van der Waals surface area contributed by atoms with Crippen LogP contribution in [0.5, 0.6) is 0 Å². The Kier molecular flexibility index (Phi) is 9.81. The van der Waals surface area contributed by atoms with E-state index in [-0.39, 0.29) is 6.08 Å². The summed E-state index contributed by atoms with van der Waals surface area (Å²) in [6.07, 6.45) is 13.1. The smallest absolute Gasteiger partial charge is 0.206 e. The number of halogens is 5. The molecule has 186 valence electrons. The zero-order valence-corrected chi connectivity index (χ0v) is 19.9. The predicted octanol–water partition coefficient (Wildman–Crippen LogP) is 9.67. The average Bonchev–Trinajstić information content (AvgIpc) is 2.77. The number of aryl methyl sites for hydroxylation is 1. The molecule has 0 aromatic heterocycles. The highest BCUT2D eigenvalue weighted by molar-refractivity contribution is 5.52. The van der Waals surface area contributed by atoms with Crippen LogP contribution in [0.25, 0.3) is 6.08 Å². The number of hydrogen-bond donors (Lipinski definition) is 0. The van der Waals surface area contributed by atoms with Crippen molar-refractivity contribution in [1.82, 2.24) is 0 Å². The van der Waals surface area contributed by atoms with Crippen molar-refractivity contribution in [3.63, 3.8) is 0 Å². The lowest BCUT2D eigenvalue weighted by Crippen LogP contribution is -2.26. The normalized spacial score (nSPS) is 26.7. The number of unbranched alkanes of at least 4 members (excludes halogenated alkanes) is 2. The molecule has 3 rings (SSSR count). The lowest BCUT2D eigenvalue weighted by molar-refractivity contribution is -0.0790. The van der Waals surface area contributed by atoms with Gasteiger partial charge in [0.05, 0.1) is 0 Å². The standard InChI is InChI=1S/C28H39F5/c1-2-3-4-5-20-8-12-23(13-9-20)24-14-10-21(11-15-24)6-7-22-18-26(29)25(27(30)19-22)16-17-28(31,32)33/h16-21,23-24H,2-15H2,1H3/b17-16+. The summed E-state index contributed by atoms with van der Waals surface area (Å²) in [5, 5.41) is 0. The van der Waals surface area contributed by atoms with Crippen LogP contribution in [0.15, 0.2) is 18.2 Å². The molecule has 0 atom stereocenters. The maximum atomic E-state index is 14.2. The SMILES string of the molecule is CCCCCC1CCC(C2CCC(CCc3cc(F)c(/C=C/C(F)(F)F)c(F)c3)CC2)CC1. The lowest BCUT2D eigenvalue weighted by atomic mass is 9.68. The number of hydrogen-bond acceptors (Lipinski definition) is 0. The van der Waals surface area contributed by atoms with Crippen molar-refractivity contribution >= 4 is 6.08 Å². The third-order valence-corrected chi connectivity index (χ3v) is 8.08. The molecule has 0 heterocycles. The average molecular weight is 471 g/mol. The minimum Gasteiger partial charge on any atom is -0.206 e. The summed E-state index contributed by atoms with van der Waals surface area (Å²) in [4.78, 5) is 0. The van der Waals surface area contributed by atoms with Gasteiger partial charge in [-0.25, -0.2) is 8.78 Å². The maximum Gasteiger partial charge on any atom is 0.409 e. The number of alkyl halides is 3. The van der Waals surface area contributed by atoms with Crippen LogP contribution >= 0.6 is 0 Å². The van der Waals surface area contributed by atoms with Gasteiger partial charge in [0.25, 0.3) is 0 Å². The van der Waals surface area contributed by atoms with Gasteiger partial charge in [0, 0.05) is 11.6 Å². The molecule has 0 saturated heterocycles. The van der Waals surface area contributed by atoms with E-state index in [2.05, 4.69) is 6.92 Å². The Hall–Kier alpha value is -1.39. The molecule has 0 spiro atoms. The third-order valence-electron chi connectivity index (χ3n) is 8.08. The Morgan fingerprint density at radius 2 is 1.30 bits per heavy atom. The lowest BCUT2D eigenvalue weighted by Gasteiger charge is -2.38. The molecule has 0 bridgehead atoms. The van der Waals surface area contributed by atoms with E-state index in [1.54, 1.807) is 0 Å². The highest BCUT2D eigenvalue weighted by Crippen LogP contribution is 2.43. The van der Waals surface area contributed by atoms with Gasteiger partial charge >= 0.3 is 6.18 Å². The van der Waals surface area contributed by atoms with E-state index in [9.17, 15) is 22.0 Å². The molecular formula is C28H39F5. The first-order valence-electron chi connectivity index (χ1n) is 13.0. The minimum absolute atomic E-state index is 0.133. The van der Waals surface area contributed by atoms with Crippen molar-refractivity contribution in [2.45, 2.75) is 103 Å². The van der Waals surface area contributed by atoms with Crippen molar-refractivity contribution in [1.29, 1.82) is 0 Å². The second-order valence-corrected chi connectivity index (χ2v) is 10.4. The van der Waals surface area contributed by atoms with Crippen LogP contribution in [-0.2, 0) is 6.42 Å². The highest BCUT2D eigenvalue weighted by Gasteiger charge is 2.30. The summed E-state index contributed by atoms with van der Waals surface area (Å²) in [6, 6.07) is 2.37. The molecule has 0 aliphatic heterocycles. The van der Waals surface area contributed by atoms with E-state index in [0.29, 0.717) is 24.0 Å². The van der Waals surface area contributed by atoms with E-state index in [1.165, 1.54) is 89.2 Å². The molecule has 2 aliphatic carbocycles. The zero-order valence-electron chi connectivity index (χ0n) is 19.9. The monoisotopic (exact) mass is 470 g/mol. The molecule has 2 saturated carbocycles. The van der Waals surface area contributed by atoms with Crippen molar-refractivity contribution in [2.24, 2.45) is 23.7 Å². The molecule has 0 unspecified atom stereocenters. The Morgan fingerprint density at radius 1 is 0.788 bits per heavy atom. The number of benzene rings is 1. The predicted molar refractivity (Wildman–Crippen MR) is 125 cm³/mol. The Bertz CT molecular complexity index is 727. The van der Waals surface area contributed by atoms with E-state index in [1.807, 2.05) is 0 Å². The van der Waals surface area contributed by atoms with Crippen LogP contribution in [0.4, 0.5) is 22.0 Å². The second-order valence-electron chi connectivity index (χ2n) is 10.4. The van der Waals surface area contributed by atoms with Gasteiger partial charge in [0.15, 0.2) is 0 Å². The molecule has 1 aromatic carbocycles. The van der Waals surface area contributed by atoms with Crippen molar-refractivity contribution < 1.29 is 22.0 Å². The Morgan fingerprint density at radius 3 is 1.79 bits per heavy atom. The quantitative estimate of drug-likeness (QED) is 0.249. The Balaban J connectivity index is 1.41. The first-order chi connectivity index (χ1) is 15.7. The molecule has 2 aliphatic rings. The summed E-state index contributed by atoms with van der Waals surface area (Å²) >= 11 is 0. The third kappa shape index (κ3) is 8.40. The van der Waals surface area contributed by atoms with E-state index in [4.69, 9.17) is 0 Å². The van der Waals surface area contributed by atoms with E-state index < -0.39 is 23.4 Å². The van der Waals surface area contributed by atoms with Crippen LogP contribution in [0.3, 0.4) is 0 Å². The van der Waals surface area contributed by atoms with Gasteiger partial charge in [-0.15, -0.1) is 0 Å². The summed E-state index contributed by atoms with van der Waals surface area (Å²) in [5.74, 6) is 1.38.